The average Bonchev–Trinajstić information content (AvgIpc) is 3.10. The lowest BCUT2D eigenvalue weighted by Gasteiger charge is -2.23. The van der Waals surface area contributed by atoms with Crippen molar-refractivity contribution in [1.82, 2.24) is 4.90 Å². The van der Waals surface area contributed by atoms with Crippen molar-refractivity contribution in [3.63, 3.8) is 0 Å². The van der Waals surface area contributed by atoms with Gasteiger partial charge in [0.05, 0.1) is 17.7 Å². The first-order chi connectivity index (χ1) is 13.0. The number of methoxy groups -OCH3 is 1. The topological polar surface area (TPSA) is 85.0 Å². The molecule has 2 aromatic carbocycles. The molecule has 0 bridgehead atoms. The van der Waals surface area contributed by atoms with Gasteiger partial charge in [0, 0.05) is 23.4 Å². The Labute approximate surface area is 161 Å². The van der Waals surface area contributed by atoms with Gasteiger partial charge in [0.2, 0.25) is 0 Å². The summed E-state index contributed by atoms with van der Waals surface area (Å²) in [5.74, 6) is 0.566. The Morgan fingerprint density at radius 1 is 1.33 bits per heavy atom. The molecular formula is C19H19N3O4S. The molecule has 7 nitrogen and oxygen atoms in total. The largest absolute Gasteiger partial charge is 0.490 e. The maximum atomic E-state index is 13.2. The maximum absolute atomic E-state index is 13.2. The van der Waals surface area contributed by atoms with Crippen LogP contribution in [0.1, 0.15) is 23.7 Å². The Balaban J connectivity index is 1.98. The van der Waals surface area contributed by atoms with Gasteiger partial charge in [-0.15, -0.1) is 0 Å². The minimum atomic E-state index is -0.551. The van der Waals surface area contributed by atoms with Crippen LogP contribution in [0.4, 0.5) is 11.4 Å². The van der Waals surface area contributed by atoms with Crippen LogP contribution in [-0.2, 0) is 0 Å². The van der Waals surface area contributed by atoms with E-state index in [1.807, 2.05) is 37.3 Å². The summed E-state index contributed by atoms with van der Waals surface area (Å²) in [5, 5.41) is 11.9. The molecule has 2 aromatic rings. The van der Waals surface area contributed by atoms with Crippen molar-refractivity contribution in [2.75, 3.05) is 12.9 Å². The fraction of sp³-hybridized carbons (Fsp3) is 0.263. The van der Waals surface area contributed by atoms with Crippen molar-refractivity contribution in [2.45, 2.75) is 19.4 Å². The molecule has 1 fully saturated rings. The first-order valence-corrected chi connectivity index (χ1v) is 9.46. The Kier molecular flexibility index (Phi) is 5.75. The van der Waals surface area contributed by atoms with E-state index in [-0.39, 0.29) is 28.9 Å². The zero-order valence-electron chi connectivity index (χ0n) is 15.0. The lowest BCUT2D eigenvalue weighted by atomic mass is 10.1. The van der Waals surface area contributed by atoms with Crippen LogP contribution in [0.3, 0.4) is 0 Å². The number of benzene rings is 2. The van der Waals surface area contributed by atoms with Crippen molar-refractivity contribution in [3.05, 3.63) is 64.2 Å². The molecule has 1 saturated heterocycles. The van der Waals surface area contributed by atoms with Crippen molar-refractivity contribution in [3.8, 4) is 5.75 Å². The van der Waals surface area contributed by atoms with E-state index >= 15 is 0 Å². The predicted molar refractivity (Wildman–Crippen MR) is 106 cm³/mol. The molecule has 8 heteroatoms. The summed E-state index contributed by atoms with van der Waals surface area (Å²) in [6.07, 6.45) is 0.769. The third kappa shape index (κ3) is 3.95. The van der Waals surface area contributed by atoms with Gasteiger partial charge in [0.15, 0.2) is 10.9 Å². The molecule has 27 heavy (non-hydrogen) atoms. The van der Waals surface area contributed by atoms with Gasteiger partial charge in [-0.1, -0.05) is 36.9 Å². The lowest BCUT2D eigenvalue weighted by Crippen LogP contribution is -2.39. The Morgan fingerprint density at radius 2 is 2.07 bits per heavy atom. The second-order valence-electron chi connectivity index (χ2n) is 5.92. The van der Waals surface area contributed by atoms with E-state index in [0.717, 1.165) is 17.9 Å². The molecule has 1 aliphatic rings. The normalized spacial score (nSPS) is 17.9. The van der Waals surface area contributed by atoms with Crippen molar-refractivity contribution < 1.29 is 14.5 Å². The molecule has 140 valence electrons. The van der Waals surface area contributed by atoms with Gasteiger partial charge in [0.1, 0.15) is 0 Å². The predicted octanol–water partition coefficient (Wildman–Crippen LogP) is 4.26. The minimum absolute atomic E-state index is 0.00822. The summed E-state index contributed by atoms with van der Waals surface area (Å²) in [7, 11) is 1.36. The first kappa shape index (κ1) is 18.9. The summed E-state index contributed by atoms with van der Waals surface area (Å²) >= 11 is 1.52. The number of rotatable bonds is 5. The number of ether oxygens (including phenoxy) is 1. The number of carbonyl (C=O) groups is 1. The van der Waals surface area contributed by atoms with Crippen molar-refractivity contribution >= 4 is 34.2 Å². The number of nitro groups is 1. The van der Waals surface area contributed by atoms with Gasteiger partial charge in [-0.25, -0.2) is 4.99 Å². The number of nitrogens with zero attached hydrogens (tertiary/aromatic N) is 3. The number of hydrogen-bond acceptors (Lipinski definition) is 6. The van der Waals surface area contributed by atoms with Gasteiger partial charge in [-0.05, 0) is 30.7 Å². The summed E-state index contributed by atoms with van der Waals surface area (Å²) < 4.78 is 5.01. The van der Waals surface area contributed by atoms with Crippen molar-refractivity contribution in [1.29, 1.82) is 0 Å². The van der Waals surface area contributed by atoms with Crippen LogP contribution in [0.25, 0.3) is 0 Å². The Bertz CT molecular complexity index is 886. The number of carbonyl (C=O) groups excluding carboxylic acids is 1. The third-order valence-electron chi connectivity index (χ3n) is 4.27. The fourth-order valence-corrected chi connectivity index (χ4v) is 4.10. The second kappa shape index (κ2) is 8.22. The summed E-state index contributed by atoms with van der Waals surface area (Å²) in [4.78, 5) is 30.1. The first-order valence-electron chi connectivity index (χ1n) is 8.47. The average molecular weight is 385 g/mol. The van der Waals surface area contributed by atoms with Crippen LogP contribution in [0, 0.1) is 10.1 Å². The monoisotopic (exact) mass is 385 g/mol. The summed E-state index contributed by atoms with van der Waals surface area (Å²) in [6, 6.07) is 13.7. The number of thioether (sulfide) groups is 1. The van der Waals surface area contributed by atoms with Crippen LogP contribution >= 0.6 is 11.8 Å². The van der Waals surface area contributed by atoms with Crippen LogP contribution in [0.5, 0.6) is 5.75 Å². The molecule has 0 N–H and O–H groups in total. The molecular weight excluding hydrogens is 366 g/mol. The van der Waals surface area contributed by atoms with Gasteiger partial charge < -0.3 is 4.74 Å². The van der Waals surface area contributed by atoms with Crippen LogP contribution < -0.4 is 4.74 Å². The standard InChI is InChI=1S/C19H19N3O4S/c1-3-15-12-27-19(20-14-7-5-4-6-8-14)21(15)18(23)13-9-10-17(26-2)16(11-13)22(24)25/h4-11,15H,3,12H2,1-2H3/t15-/m0/s1. The fourth-order valence-electron chi connectivity index (χ4n) is 2.83. The van der Waals surface area contributed by atoms with Crippen LogP contribution in [-0.4, -0.2) is 39.8 Å². The minimum Gasteiger partial charge on any atom is -0.490 e. The molecule has 1 atom stereocenters. The number of para-hydroxylation sites is 1. The number of aliphatic imine (C=N–C) groups is 1. The number of amides is 1. The van der Waals surface area contributed by atoms with Gasteiger partial charge >= 0.3 is 5.69 Å². The molecule has 0 unspecified atom stereocenters. The highest BCUT2D eigenvalue weighted by Gasteiger charge is 2.35. The van der Waals surface area contributed by atoms with E-state index in [4.69, 9.17) is 4.74 Å². The van der Waals surface area contributed by atoms with E-state index in [1.165, 1.54) is 31.0 Å². The van der Waals surface area contributed by atoms with Crippen molar-refractivity contribution in [2.24, 2.45) is 4.99 Å². The van der Waals surface area contributed by atoms with Crippen LogP contribution in [0.15, 0.2) is 53.5 Å². The third-order valence-corrected chi connectivity index (χ3v) is 5.37. The maximum Gasteiger partial charge on any atom is 0.311 e. The van der Waals surface area contributed by atoms with E-state index in [1.54, 1.807) is 11.0 Å². The molecule has 3 rings (SSSR count). The molecule has 1 aliphatic heterocycles. The summed E-state index contributed by atoms with van der Waals surface area (Å²) in [5.41, 5.74) is 0.768. The molecule has 0 radical (unpaired) electrons. The highest BCUT2D eigenvalue weighted by atomic mass is 32.2. The smallest absolute Gasteiger partial charge is 0.311 e. The molecule has 0 spiro atoms. The Morgan fingerprint density at radius 3 is 2.70 bits per heavy atom. The molecule has 0 aliphatic carbocycles. The quantitative estimate of drug-likeness (QED) is 0.567. The number of nitro benzene ring substituents is 1. The lowest BCUT2D eigenvalue weighted by molar-refractivity contribution is -0.385. The Hall–Kier alpha value is -2.87. The van der Waals surface area contributed by atoms with Gasteiger partial charge in [-0.3, -0.25) is 19.8 Å². The van der Waals surface area contributed by atoms with Gasteiger partial charge in [0.25, 0.3) is 5.91 Å². The zero-order chi connectivity index (χ0) is 19.4. The van der Waals surface area contributed by atoms with E-state index in [0.29, 0.717) is 5.17 Å². The van der Waals surface area contributed by atoms with Gasteiger partial charge in [-0.2, -0.15) is 0 Å². The summed E-state index contributed by atoms with van der Waals surface area (Å²) in [6.45, 7) is 2.01. The van der Waals surface area contributed by atoms with Crippen LogP contribution in [0.2, 0.25) is 0 Å². The van der Waals surface area contributed by atoms with E-state index < -0.39 is 4.92 Å². The molecule has 0 aromatic heterocycles. The molecule has 1 heterocycles. The van der Waals surface area contributed by atoms with E-state index in [2.05, 4.69) is 4.99 Å². The SMILES string of the molecule is CC[C@H]1CSC(=Nc2ccccc2)N1C(=O)c1ccc(OC)c([N+](=O)[O-])c1. The highest BCUT2D eigenvalue weighted by molar-refractivity contribution is 8.14. The molecule has 1 amide bonds. The number of hydrogen-bond donors (Lipinski definition) is 0. The highest BCUT2D eigenvalue weighted by Crippen LogP contribution is 2.32. The molecule has 0 saturated carbocycles. The zero-order valence-corrected chi connectivity index (χ0v) is 15.8. The number of amidine groups is 1. The second-order valence-corrected chi connectivity index (χ2v) is 6.91. The van der Waals surface area contributed by atoms with E-state index in [9.17, 15) is 14.9 Å².